The zero-order chi connectivity index (χ0) is 24.6. The molecule has 6 atom stereocenters. The summed E-state index contributed by atoms with van der Waals surface area (Å²) in [5, 5.41) is 0. The maximum Gasteiger partial charge on any atom is 0.338 e. The van der Waals surface area contributed by atoms with E-state index in [-0.39, 0.29) is 17.5 Å². The van der Waals surface area contributed by atoms with Crippen LogP contribution in [0, 0.1) is 17.8 Å². The van der Waals surface area contributed by atoms with Crippen LogP contribution in [0.4, 0.5) is 0 Å². The van der Waals surface area contributed by atoms with Crippen LogP contribution in [-0.4, -0.2) is 47.2 Å². The predicted molar refractivity (Wildman–Crippen MR) is 135 cm³/mol. The summed E-state index contributed by atoms with van der Waals surface area (Å²) in [4.78, 5) is 28.7. The van der Waals surface area contributed by atoms with Crippen LogP contribution < -0.4 is 0 Å². The molecule has 1 saturated heterocycles. The van der Waals surface area contributed by atoms with Gasteiger partial charge in [-0.3, -0.25) is 4.90 Å². The lowest BCUT2D eigenvalue weighted by Crippen LogP contribution is -2.56. The molecule has 5 nitrogen and oxygen atoms in total. The number of benzene rings is 2. The lowest BCUT2D eigenvalue weighted by Gasteiger charge is -2.51. The van der Waals surface area contributed by atoms with E-state index < -0.39 is 12.2 Å². The van der Waals surface area contributed by atoms with Gasteiger partial charge in [0.05, 0.1) is 11.1 Å². The van der Waals surface area contributed by atoms with Crippen molar-refractivity contribution in [2.75, 3.05) is 6.54 Å². The largest absolute Gasteiger partial charge is 0.455 e. The Hall–Kier alpha value is -2.66. The first-order valence-corrected chi connectivity index (χ1v) is 13.1. The monoisotopic (exact) mass is 475 g/mol. The van der Waals surface area contributed by atoms with Gasteiger partial charge in [-0.1, -0.05) is 36.4 Å². The number of fused-ring (bicyclic) bond motifs is 3. The van der Waals surface area contributed by atoms with Gasteiger partial charge >= 0.3 is 11.9 Å². The van der Waals surface area contributed by atoms with E-state index in [1.807, 2.05) is 36.4 Å². The SMILES string of the molecule is CC(C)(C)N1CCC2CCC3CC(OC(=O)c4ccccc4)C(OC(=O)c4ccccc4)CC3C21. The highest BCUT2D eigenvalue weighted by atomic mass is 16.6. The Morgan fingerprint density at radius 3 is 1.80 bits per heavy atom. The van der Waals surface area contributed by atoms with Crippen molar-refractivity contribution < 1.29 is 19.1 Å². The van der Waals surface area contributed by atoms with E-state index in [1.165, 1.54) is 12.8 Å². The minimum absolute atomic E-state index is 0.105. The molecule has 35 heavy (non-hydrogen) atoms. The molecular weight excluding hydrogens is 438 g/mol. The summed E-state index contributed by atoms with van der Waals surface area (Å²) in [7, 11) is 0. The number of nitrogens with zero attached hydrogens (tertiary/aromatic N) is 1. The second-order valence-electron chi connectivity index (χ2n) is 11.5. The van der Waals surface area contributed by atoms with E-state index in [2.05, 4.69) is 25.7 Å². The highest BCUT2D eigenvalue weighted by molar-refractivity contribution is 5.90. The van der Waals surface area contributed by atoms with Crippen molar-refractivity contribution in [3.05, 3.63) is 71.8 Å². The van der Waals surface area contributed by atoms with Crippen LogP contribution in [0.15, 0.2) is 60.7 Å². The molecule has 0 amide bonds. The van der Waals surface area contributed by atoms with Crippen molar-refractivity contribution in [2.45, 2.75) is 76.7 Å². The summed E-state index contributed by atoms with van der Waals surface area (Å²) in [5.41, 5.74) is 1.16. The molecule has 3 fully saturated rings. The first kappa shape index (κ1) is 24.1. The van der Waals surface area contributed by atoms with E-state index >= 15 is 0 Å². The van der Waals surface area contributed by atoms with Crippen LogP contribution in [0.5, 0.6) is 0 Å². The average Bonchev–Trinajstić information content (AvgIpc) is 3.31. The normalized spacial score (nSPS) is 30.7. The molecule has 186 valence electrons. The Bertz CT molecular complexity index is 1030. The summed E-state index contributed by atoms with van der Waals surface area (Å²) >= 11 is 0. The van der Waals surface area contributed by atoms with Crippen molar-refractivity contribution >= 4 is 11.9 Å². The second kappa shape index (κ2) is 9.77. The third-order valence-electron chi connectivity index (χ3n) is 8.39. The Balaban J connectivity index is 1.40. The smallest absolute Gasteiger partial charge is 0.338 e. The topological polar surface area (TPSA) is 55.8 Å². The van der Waals surface area contributed by atoms with Gasteiger partial charge in [0.25, 0.3) is 0 Å². The fourth-order valence-corrected chi connectivity index (χ4v) is 6.78. The summed E-state index contributed by atoms with van der Waals surface area (Å²) in [6.07, 6.45) is 4.23. The van der Waals surface area contributed by atoms with Crippen LogP contribution in [0.3, 0.4) is 0 Å². The molecule has 5 heteroatoms. The van der Waals surface area contributed by atoms with Crippen molar-refractivity contribution in [1.82, 2.24) is 4.90 Å². The molecule has 0 radical (unpaired) electrons. The highest BCUT2D eigenvalue weighted by Crippen LogP contribution is 2.51. The van der Waals surface area contributed by atoms with Crippen molar-refractivity contribution in [3.63, 3.8) is 0 Å². The first-order valence-electron chi connectivity index (χ1n) is 13.1. The molecule has 0 N–H and O–H groups in total. The number of esters is 2. The van der Waals surface area contributed by atoms with Crippen LogP contribution in [0.2, 0.25) is 0 Å². The van der Waals surface area contributed by atoms with Gasteiger partial charge in [-0.15, -0.1) is 0 Å². The number of ether oxygens (including phenoxy) is 2. The summed E-state index contributed by atoms with van der Waals surface area (Å²) in [6.45, 7) is 8.04. The number of likely N-dealkylation sites (tertiary alicyclic amines) is 1. The van der Waals surface area contributed by atoms with Crippen molar-refractivity contribution in [2.24, 2.45) is 17.8 Å². The predicted octanol–water partition coefficient (Wildman–Crippen LogP) is 5.75. The molecule has 0 spiro atoms. The van der Waals surface area contributed by atoms with Gasteiger partial charge in [0, 0.05) is 11.6 Å². The fraction of sp³-hybridized carbons (Fsp3) is 0.533. The Labute approximate surface area is 208 Å². The summed E-state index contributed by atoms with van der Waals surface area (Å²) < 4.78 is 12.2. The molecule has 3 aliphatic rings. The number of rotatable bonds is 4. The van der Waals surface area contributed by atoms with Gasteiger partial charge in [-0.25, -0.2) is 9.59 Å². The first-order chi connectivity index (χ1) is 16.8. The van der Waals surface area contributed by atoms with Gasteiger partial charge in [0.1, 0.15) is 12.2 Å². The Kier molecular flexibility index (Phi) is 6.71. The maximum absolute atomic E-state index is 13.1. The molecular formula is C30H37NO4. The zero-order valence-electron chi connectivity index (χ0n) is 21.1. The van der Waals surface area contributed by atoms with E-state index in [9.17, 15) is 9.59 Å². The standard InChI is InChI=1S/C30H37NO4/c1-30(2,3)31-17-16-20-14-15-23-18-25(34-28(32)21-10-6-4-7-11-21)26(19-24(23)27(20)31)35-29(33)22-12-8-5-9-13-22/h4-13,20,23-27H,14-19H2,1-3H3. The quantitative estimate of drug-likeness (QED) is 0.527. The minimum atomic E-state index is -0.446. The molecule has 6 unspecified atom stereocenters. The molecule has 2 aromatic carbocycles. The molecule has 2 saturated carbocycles. The molecule has 2 aromatic rings. The summed E-state index contributed by atoms with van der Waals surface area (Å²) in [6, 6.07) is 18.7. The van der Waals surface area contributed by atoms with E-state index in [4.69, 9.17) is 9.47 Å². The van der Waals surface area contributed by atoms with Crippen LogP contribution in [-0.2, 0) is 9.47 Å². The number of carbonyl (C=O) groups is 2. The van der Waals surface area contributed by atoms with E-state index in [1.54, 1.807) is 24.3 Å². The van der Waals surface area contributed by atoms with Crippen LogP contribution >= 0.6 is 0 Å². The zero-order valence-corrected chi connectivity index (χ0v) is 21.1. The molecule has 2 aliphatic carbocycles. The van der Waals surface area contributed by atoms with Crippen molar-refractivity contribution in [1.29, 1.82) is 0 Å². The number of hydrogen-bond acceptors (Lipinski definition) is 5. The lowest BCUT2D eigenvalue weighted by atomic mass is 9.63. The fourth-order valence-electron chi connectivity index (χ4n) is 6.78. The highest BCUT2D eigenvalue weighted by Gasteiger charge is 2.53. The van der Waals surface area contributed by atoms with Crippen LogP contribution in [0.25, 0.3) is 0 Å². The summed E-state index contributed by atoms with van der Waals surface area (Å²) in [5.74, 6) is 0.918. The van der Waals surface area contributed by atoms with E-state index in [0.29, 0.717) is 34.9 Å². The van der Waals surface area contributed by atoms with Gasteiger partial charge in [0.2, 0.25) is 0 Å². The second-order valence-corrected chi connectivity index (χ2v) is 11.5. The molecule has 1 heterocycles. The van der Waals surface area contributed by atoms with Gasteiger partial charge in [-0.2, -0.15) is 0 Å². The maximum atomic E-state index is 13.1. The molecule has 5 rings (SSSR count). The lowest BCUT2D eigenvalue weighted by molar-refractivity contribution is -0.102. The Morgan fingerprint density at radius 2 is 1.26 bits per heavy atom. The van der Waals surface area contributed by atoms with Crippen LogP contribution in [0.1, 0.15) is 73.6 Å². The van der Waals surface area contributed by atoms with Gasteiger partial charge in [-0.05, 0) is 101 Å². The van der Waals surface area contributed by atoms with E-state index in [0.717, 1.165) is 25.8 Å². The molecule has 0 aromatic heterocycles. The minimum Gasteiger partial charge on any atom is -0.455 e. The molecule has 1 aliphatic heterocycles. The molecule has 0 bridgehead atoms. The van der Waals surface area contributed by atoms with Gasteiger partial charge in [0.15, 0.2) is 0 Å². The number of hydrogen-bond donors (Lipinski definition) is 0. The van der Waals surface area contributed by atoms with Gasteiger partial charge < -0.3 is 9.47 Å². The number of carbonyl (C=O) groups excluding carboxylic acids is 2. The third-order valence-corrected chi connectivity index (χ3v) is 8.39. The Morgan fingerprint density at radius 1 is 0.743 bits per heavy atom. The average molecular weight is 476 g/mol. The third kappa shape index (κ3) is 5.02. The van der Waals surface area contributed by atoms with Crippen molar-refractivity contribution in [3.8, 4) is 0 Å².